The number of hydrogen-bond acceptors (Lipinski definition) is 2. The monoisotopic (exact) mass is 268 g/mol. The highest BCUT2D eigenvalue weighted by Crippen LogP contribution is 2.27. The Hall–Kier alpha value is -0.900. The molecule has 1 amide bonds. The lowest BCUT2D eigenvalue weighted by molar-refractivity contribution is 0.0752. The Morgan fingerprint density at radius 2 is 2.33 bits per heavy atom. The molecule has 1 aromatic rings. The molecule has 0 N–H and O–H groups in total. The number of amides is 1. The highest BCUT2D eigenvalue weighted by atomic mass is 79.9. The smallest absolute Gasteiger partial charge is 0.255 e. The number of carbonyl (C=O) groups is 1. The van der Waals surface area contributed by atoms with Gasteiger partial charge < -0.3 is 4.90 Å². The average molecular weight is 269 g/mol. The maximum atomic E-state index is 12.0. The Kier molecular flexibility index (Phi) is 3.05. The van der Waals surface area contributed by atoms with E-state index in [9.17, 15) is 4.79 Å². The fourth-order valence-electron chi connectivity index (χ4n) is 1.62. The molecule has 3 nitrogen and oxygen atoms in total. The summed E-state index contributed by atoms with van der Waals surface area (Å²) in [6.45, 7) is 2.79. The third-order valence-corrected chi connectivity index (χ3v) is 3.03. The molecular weight excluding hydrogens is 256 g/mol. The zero-order valence-electron chi connectivity index (χ0n) is 8.61. The lowest BCUT2D eigenvalue weighted by atomic mass is 10.2. The van der Waals surface area contributed by atoms with E-state index in [1.54, 1.807) is 12.3 Å². The minimum absolute atomic E-state index is 0.0972. The van der Waals surface area contributed by atoms with Crippen LogP contribution < -0.4 is 0 Å². The number of nitrogens with zero attached hydrogens (tertiary/aromatic N) is 2. The van der Waals surface area contributed by atoms with Gasteiger partial charge in [-0.3, -0.25) is 4.79 Å². The minimum Gasteiger partial charge on any atom is -0.336 e. The molecule has 0 aromatic carbocycles. The Morgan fingerprint density at radius 3 is 2.80 bits per heavy atom. The number of aromatic nitrogens is 1. The maximum Gasteiger partial charge on any atom is 0.255 e. The average Bonchev–Trinajstić information content (AvgIpc) is 3.04. The predicted molar refractivity (Wildman–Crippen MR) is 61.7 cm³/mol. The van der Waals surface area contributed by atoms with Gasteiger partial charge in [0, 0.05) is 18.8 Å². The summed E-state index contributed by atoms with van der Waals surface area (Å²) in [5.74, 6) is 0.0972. The SMILES string of the molecule is CCN(C(=O)c1ccc(Br)nc1)C1CC1. The molecular formula is C11H13BrN2O. The van der Waals surface area contributed by atoms with Crippen LogP contribution in [0.15, 0.2) is 22.9 Å². The largest absolute Gasteiger partial charge is 0.336 e. The second kappa shape index (κ2) is 4.31. The van der Waals surface area contributed by atoms with E-state index in [0.29, 0.717) is 11.6 Å². The van der Waals surface area contributed by atoms with Gasteiger partial charge in [-0.15, -0.1) is 0 Å². The normalized spacial score (nSPS) is 15.1. The first kappa shape index (κ1) is 10.6. The molecule has 1 saturated carbocycles. The Morgan fingerprint density at radius 1 is 1.60 bits per heavy atom. The van der Waals surface area contributed by atoms with E-state index >= 15 is 0 Å². The van der Waals surface area contributed by atoms with Crippen LogP contribution in [0.4, 0.5) is 0 Å². The van der Waals surface area contributed by atoms with Crippen LogP contribution in [0, 0.1) is 0 Å². The molecule has 0 bridgehead atoms. The van der Waals surface area contributed by atoms with Gasteiger partial charge >= 0.3 is 0 Å². The van der Waals surface area contributed by atoms with Crippen molar-refractivity contribution in [3.05, 3.63) is 28.5 Å². The van der Waals surface area contributed by atoms with Gasteiger partial charge in [0.1, 0.15) is 4.60 Å². The van der Waals surface area contributed by atoms with Gasteiger partial charge in [0.2, 0.25) is 0 Å². The Bertz CT molecular complexity index is 359. The number of pyridine rings is 1. The third-order valence-electron chi connectivity index (χ3n) is 2.56. The lowest BCUT2D eigenvalue weighted by Gasteiger charge is -2.20. The van der Waals surface area contributed by atoms with Crippen LogP contribution in [0.5, 0.6) is 0 Å². The molecule has 0 saturated heterocycles. The molecule has 1 aliphatic carbocycles. The number of halogens is 1. The van der Waals surface area contributed by atoms with Crippen molar-refractivity contribution in [2.45, 2.75) is 25.8 Å². The van der Waals surface area contributed by atoms with E-state index in [-0.39, 0.29) is 5.91 Å². The summed E-state index contributed by atoms with van der Waals surface area (Å²) < 4.78 is 0.758. The summed E-state index contributed by atoms with van der Waals surface area (Å²) in [6, 6.07) is 4.07. The van der Waals surface area contributed by atoms with E-state index in [1.807, 2.05) is 17.9 Å². The quantitative estimate of drug-likeness (QED) is 0.790. The van der Waals surface area contributed by atoms with Gasteiger partial charge in [-0.2, -0.15) is 0 Å². The second-order valence-corrected chi connectivity index (χ2v) is 4.50. The number of carbonyl (C=O) groups excluding carboxylic acids is 1. The molecule has 4 heteroatoms. The van der Waals surface area contributed by atoms with E-state index in [4.69, 9.17) is 0 Å². The molecule has 1 aromatic heterocycles. The molecule has 2 rings (SSSR count). The third kappa shape index (κ3) is 2.37. The molecule has 1 heterocycles. The zero-order valence-corrected chi connectivity index (χ0v) is 10.2. The number of rotatable bonds is 3. The van der Waals surface area contributed by atoms with Crippen molar-refractivity contribution in [1.29, 1.82) is 0 Å². The van der Waals surface area contributed by atoms with Crippen LogP contribution in [0.1, 0.15) is 30.1 Å². The first-order valence-corrected chi connectivity index (χ1v) is 5.94. The summed E-state index contributed by atoms with van der Waals surface area (Å²) in [7, 11) is 0. The van der Waals surface area contributed by atoms with Crippen LogP contribution in [-0.4, -0.2) is 28.4 Å². The van der Waals surface area contributed by atoms with Crippen LogP contribution in [-0.2, 0) is 0 Å². The predicted octanol–water partition coefficient (Wildman–Crippen LogP) is 2.47. The standard InChI is InChI=1S/C11H13BrN2O/c1-2-14(9-4-5-9)11(15)8-3-6-10(12)13-7-8/h3,6-7,9H,2,4-5H2,1H3. The topological polar surface area (TPSA) is 33.2 Å². The van der Waals surface area contributed by atoms with E-state index in [0.717, 1.165) is 24.0 Å². The maximum absolute atomic E-state index is 12.0. The molecule has 0 radical (unpaired) electrons. The van der Waals surface area contributed by atoms with Crippen molar-refractivity contribution < 1.29 is 4.79 Å². The summed E-state index contributed by atoms with van der Waals surface area (Å²) in [4.78, 5) is 18.0. The fraction of sp³-hybridized carbons (Fsp3) is 0.455. The van der Waals surface area contributed by atoms with Crippen LogP contribution in [0.3, 0.4) is 0 Å². The van der Waals surface area contributed by atoms with E-state index < -0.39 is 0 Å². The molecule has 0 aliphatic heterocycles. The van der Waals surface area contributed by atoms with Gasteiger partial charge in [-0.25, -0.2) is 4.98 Å². The summed E-state index contributed by atoms with van der Waals surface area (Å²) >= 11 is 3.25. The minimum atomic E-state index is 0.0972. The molecule has 1 fully saturated rings. The molecule has 80 valence electrons. The van der Waals surface area contributed by atoms with E-state index in [1.165, 1.54) is 0 Å². The van der Waals surface area contributed by atoms with Gasteiger partial charge in [0.15, 0.2) is 0 Å². The van der Waals surface area contributed by atoms with Gasteiger partial charge in [0.25, 0.3) is 5.91 Å². The molecule has 0 unspecified atom stereocenters. The summed E-state index contributed by atoms with van der Waals surface area (Å²) in [5, 5.41) is 0. The molecule has 0 spiro atoms. The second-order valence-electron chi connectivity index (χ2n) is 3.69. The van der Waals surface area contributed by atoms with Gasteiger partial charge in [-0.1, -0.05) is 0 Å². The van der Waals surface area contributed by atoms with Crippen molar-refractivity contribution in [1.82, 2.24) is 9.88 Å². The van der Waals surface area contributed by atoms with Crippen molar-refractivity contribution in [2.75, 3.05) is 6.54 Å². The first-order valence-electron chi connectivity index (χ1n) is 5.15. The molecule has 0 atom stereocenters. The summed E-state index contributed by atoms with van der Waals surface area (Å²) in [5.41, 5.74) is 0.673. The zero-order chi connectivity index (χ0) is 10.8. The molecule has 1 aliphatic rings. The Balaban J connectivity index is 2.15. The van der Waals surface area contributed by atoms with E-state index in [2.05, 4.69) is 20.9 Å². The van der Waals surface area contributed by atoms with Crippen LogP contribution in [0.2, 0.25) is 0 Å². The van der Waals surface area contributed by atoms with Gasteiger partial charge in [0.05, 0.1) is 5.56 Å². The first-order chi connectivity index (χ1) is 7.22. The fourth-order valence-corrected chi connectivity index (χ4v) is 1.86. The number of hydrogen-bond donors (Lipinski definition) is 0. The highest BCUT2D eigenvalue weighted by molar-refractivity contribution is 9.10. The van der Waals surface area contributed by atoms with Crippen molar-refractivity contribution in [3.8, 4) is 0 Å². The molecule has 15 heavy (non-hydrogen) atoms. The van der Waals surface area contributed by atoms with Crippen molar-refractivity contribution in [2.24, 2.45) is 0 Å². The van der Waals surface area contributed by atoms with Crippen LogP contribution in [0.25, 0.3) is 0 Å². The van der Waals surface area contributed by atoms with Crippen LogP contribution >= 0.6 is 15.9 Å². The lowest BCUT2D eigenvalue weighted by Crippen LogP contribution is -2.32. The highest BCUT2D eigenvalue weighted by Gasteiger charge is 2.31. The summed E-state index contributed by atoms with van der Waals surface area (Å²) in [6.07, 6.45) is 3.91. The van der Waals surface area contributed by atoms with Gasteiger partial charge in [-0.05, 0) is 47.8 Å². The van der Waals surface area contributed by atoms with Crippen molar-refractivity contribution >= 4 is 21.8 Å². The van der Waals surface area contributed by atoms with Crippen molar-refractivity contribution in [3.63, 3.8) is 0 Å². The Labute approximate surface area is 97.6 Å².